The van der Waals surface area contributed by atoms with E-state index < -0.39 is 31.5 Å². The van der Waals surface area contributed by atoms with Crippen molar-refractivity contribution in [3.05, 3.63) is 58.3 Å². The third kappa shape index (κ3) is 4.21. The Bertz CT molecular complexity index is 1370. The monoisotopic (exact) mass is 488 g/mol. The minimum absolute atomic E-state index is 0.0477. The molecule has 11 nitrogen and oxygen atoms in total. The highest BCUT2D eigenvalue weighted by Gasteiger charge is 2.41. The second kappa shape index (κ2) is 9.03. The fraction of sp³-hybridized carbons (Fsp3) is 0.364. The average molecular weight is 489 g/mol. The Morgan fingerprint density at radius 1 is 1.26 bits per heavy atom. The van der Waals surface area contributed by atoms with E-state index in [1.165, 1.54) is 16.4 Å². The van der Waals surface area contributed by atoms with Crippen LogP contribution in [0.25, 0.3) is 10.9 Å². The van der Waals surface area contributed by atoms with Gasteiger partial charge in [-0.3, -0.25) is 19.6 Å². The zero-order valence-corrected chi connectivity index (χ0v) is 19.4. The molecular weight excluding hydrogens is 464 g/mol. The number of fused-ring (bicyclic) bond motifs is 1. The largest absolute Gasteiger partial charge is 0.494 e. The number of carbonyl (C=O) groups is 1. The number of ether oxygens (including phenoxy) is 1. The molecule has 0 amide bonds. The Balaban J connectivity index is 1.70. The summed E-state index contributed by atoms with van der Waals surface area (Å²) in [7, 11) is -4.18. The average Bonchev–Trinajstić information content (AvgIpc) is 3.34. The van der Waals surface area contributed by atoms with Crippen molar-refractivity contribution in [3.8, 4) is 5.75 Å². The highest BCUT2D eigenvalue weighted by molar-refractivity contribution is 7.89. The summed E-state index contributed by atoms with van der Waals surface area (Å²) in [4.78, 5) is 21.8. The fourth-order valence-electron chi connectivity index (χ4n) is 4.36. The molecule has 0 unspecified atom stereocenters. The first kappa shape index (κ1) is 23.6. The van der Waals surface area contributed by atoms with Crippen LogP contribution in [0.4, 0.5) is 5.69 Å². The Labute approximate surface area is 195 Å². The van der Waals surface area contributed by atoms with Crippen molar-refractivity contribution in [2.24, 2.45) is 5.92 Å². The lowest BCUT2D eigenvalue weighted by Gasteiger charge is -2.18. The van der Waals surface area contributed by atoms with Gasteiger partial charge in [-0.2, -0.15) is 9.40 Å². The van der Waals surface area contributed by atoms with Crippen molar-refractivity contribution in [3.63, 3.8) is 0 Å². The second-order valence-corrected chi connectivity index (χ2v) is 10.1. The number of sulfonamides is 1. The summed E-state index contributed by atoms with van der Waals surface area (Å²) < 4.78 is 35.1. The minimum Gasteiger partial charge on any atom is -0.494 e. The van der Waals surface area contributed by atoms with Gasteiger partial charge in [0.05, 0.1) is 41.3 Å². The number of carboxylic acid groups (broad SMARTS) is 1. The zero-order chi connectivity index (χ0) is 24.6. The van der Waals surface area contributed by atoms with Crippen LogP contribution in [0, 0.1) is 16.0 Å². The Morgan fingerprint density at radius 3 is 2.68 bits per heavy atom. The van der Waals surface area contributed by atoms with Crippen LogP contribution < -0.4 is 4.74 Å². The molecule has 1 aliphatic rings. The number of rotatable bonds is 8. The summed E-state index contributed by atoms with van der Waals surface area (Å²) in [6.45, 7) is 4.07. The number of para-hydroxylation sites is 1. The molecule has 1 N–H and O–H groups in total. The first-order valence-corrected chi connectivity index (χ1v) is 12.2. The highest BCUT2D eigenvalue weighted by Crippen LogP contribution is 2.37. The number of nitro benzene ring substituents is 1. The van der Waals surface area contributed by atoms with Crippen molar-refractivity contribution in [1.82, 2.24) is 14.1 Å². The van der Waals surface area contributed by atoms with Gasteiger partial charge >= 0.3 is 5.97 Å². The van der Waals surface area contributed by atoms with E-state index in [4.69, 9.17) is 4.74 Å². The van der Waals surface area contributed by atoms with E-state index in [0.717, 1.165) is 6.07 Å². The van der Waals surface area contributed by atoms with Gasteiger partial charge in [-0.25, -0.2) is 8.42 Å². The molecule has 2 atom stereocenters. The second-order valence-electron chi connectivity index (χ2n) is 8.17. The number of aromatic nitrogens is 2. The Hall–Kier alpha value is -3.51. The van der Waals surface area contributed by atoms with Crippen molar-refractivity contribution in [1.29, 1.82) is 0 Å². The maximum Gasteiger partial charge on any atom is 0.309 e. The molecule has 180 valence electrons. The van der Waals surface area contributed by atoms with Gasteiger partial charge in [-0.1, -0.05) is 25.1 Å². The summed E-state index contributed by atoms with van der Waals surface area (Å²) in [5.41, 5.74) is 0.566. The van der Waals surface area contributed by atoms with Gasteiger partial charge in [-0.05, 0) is 31.0 Å². The predicted octanol–water partition coefficient (Wildman–Crippen LogP) is 2.85. The van der Waals surface area contributed by atoms with Gasteiger partial charge in [0, 0.05) is 18.5 Å². The number of nitro groups is 1. The van der Waals surface area contributed by atoms with Gasteiger partial charge < -0.3 is 9.84 Å². The molecule has 2 aromatic carbocycles. The zero-order valence-electron chi connectivity index (χ0n) is 18.6. The first-order chi connectivity index (χ1) is 16.1. The molecule has 0 aliphatic carbocycles. The molecule has 1 aliphatic heterocycles. The molecular formula is C22H24N4O7S. The van der Waals surface area contributed by atoms with E-state index in [-0.39, 0.29) is 43.8 Å². The summed E-state index contributed by atoms with van der Waals surface area (Å²) in [6, 6.07) is 10.5. The Kier molecular flexibility index (Phi) is 6.28. The fourth-order valence-corrected chi connectivity index (χ4v) is 6.05. The molecule has 0 spiro atoms. The lowest BCUT2D eigenvalue weighted by atomic mass is 10.1. The first-order valence-electron chi connectivity index (χ1n) is 10.7. The predicted molar refractivity (Wildman–Crippen MR) is 122 cm³/mol. The molecule has 1 fully saturated rings. The van der Waals surface area contributed by atoms with Crippen LogP contribution in [-0.4, -0.2) is 58.2 Å². The standard InChI is InChI=1S/C22H24N4O7S/c1-3-33-15-8-9-21(19(10-15)26(29)30)34(31,32)24-12-14(2)20(13-24)25-18-7-5-4-6-16(18)17(23-25)11-22(27)28/h4-10,14,20H,3,11-13H2,1-2H3,(H,27,28)/t14-,20+/m1/s1. The molecule has 34 heavy (non-hydrogen) atoms. The van der Waals surface area contributed by atoms with Crippen LogP contribution in [0.2, 0.25) is 0 Å². The number of aliphatic carboxylic acids is 1. The molecule has 1 aromatic heterocycles. The van der Waals surface area contributed by atoms with Crippen LogP contribution in [0.3, 0.4) is 0 Å². The lowest BCUT2D eigenvalue weighted by molar-refractivity contribution is -0.387. The van der Waals surface area contributed by atoms with Crippen LogP contribution in [0.1, 0.15) is 25.6 Å². The van der Waals surface area contributed by atoms with E-state index >= 15 is 0 Å². The quantitative estimate of drug-likeness (QED) is 0.376. The maximum atomic E-state index is 13.4. The Morgan fingerprint density at radius 2 is 2.00 bits per heavy atom. The molecule has 0 bridgehead atoms. The van der Waals surface area contributed by atoms with Gasteiger partial charge in [0.2, 0.25) is 10.0 Å². The summed E-state index contributed by atoms with van der Waals surface area (Å²) in [5, 5.41) is 26.1. The van der Waals surface area contributed by atoms with E-state index in [0.29, 0.717) is 16.6 Å². The SMILES string of the molecule is CCOc1ccc(S(=O)(=O)N2C[C@@H](C)[C@@H](n3nc(CC(=O)O)c4ccccc43)C2)c([N+](=O)[O-])c1. The van der Waals surface area contributed by atoms with Gasteiger partial charge in [0.1, 0.15) is 5.75 Å². The van der Waals surface area contributed by atoms with Crippen molar-refractivity contribution in [2.75, 3.05) is 19.7 Å². The minimum atomic E-state index is -4.18. The molecule has 0 radical (unpaired) electrons. The maximum absolute atomic E-state index is 13.4. The van der Waals surface area contributed by atoms with Crippen LogP contribution in [-0.2, 0) is 21.2 Å². The summed E-state index contributed by atoms with van der Waals surface area (Å²) >= 11 is 0. The van der Waals surface area contributed by atoms with Gasteiger partial charge in [-0.15, -0.1) is 0 Å². The highest BCUT2D eigenvalue weighted by atomic mass is 32.2. The van der Waals surface area contributed by atoms with Crippen molar-refractivity contribution >= 4 is 32.6 Å². The van der Waals surface area contributed by atoms with Crippen LogP contribution >= 0.6 is 0 Å². The number of benzene rings is 2. The molecule has 1 saturated heterocycles. The lowest BCUT2D eigenvalue weighted by Crippen LogP contribution is -2.30. The van der Waals surface area contributed by atoms with E-state index in [2.05, 4.69) is 5.10 Å². The third-order valence-corrected chi connectivity index (χ3v) is 7.80. The normalized spacial score (nSPS) is 18.9. The smallest absolute Gasteiger partial charge is 0.309 e. The summed E-state index contributed by atoms with van der Waals surface area (Å²) in [5.74, 6) is -0.964. The van der Waals surface area contributed by atoms with Crippen LogP contribution in [0.5, 0.6) is 5.75 Å². The number of carboxylic acids is 1. The van der Waals surface area contributed by atoms with Crippen molar-refractivity contribution in [2.45, 2.75) is 31.2 Å². The molecule has 4 rings (SSSR count). The number of nitrogens with zero attached hydrogens (tertiary/aromatic N) is 4. The molecule has 3 aromatic rings. The summed E-state index contributed by atoms with van der Waals surface area (Å²) in [6.07, 6.45) is -0.255. The molecule has 0 saturated carbocycles. The molecule has 12 heteroatoms. The van der Waals surface area contributed by atoms with E-state index in [1.807, 2.05) is 19.1 Å². The number of hydrogen-bond acceptors (Lipinski definition) is 7. The topological polar surface area (TPSA) is 145 Å². The van der Waals surface area contributed by atoms with E-state index in [9.17, 15) is 28.4 Å². The van der Waals surface area contributed by atoms with Gasteiger partial charge in [0.25, 0.3) is 5.69 Å². The van der Waals surface area contributed by atoms with Gasteiger partial charge in [0.15, 0.2) is 4.90 Å². The van der Waals surface area contributed by atoms with E-state index in [1.54, 1.807) is 23.7 Å². The number of hydrogen-bond donors (Lipinski definition) is 1. The van der Waals surface area contributed by atoms with Crippen molar-refractivity contribution < 1.29 is 28.0 Å². The van der Waals surface area contributed by atoms with Crippen LogP contribution in [0.15, 0.2) is 47.4 Å². The molecule has 2 heterocycles. The third-order valence-electron chi connectivity index (χ3n) is 5.92.